The van der Waals surface area contributed by atoms with Crippen molar-refractivity contribution < 1.29 is 14.3 Å². The fourth-order valence-corrected chi connectivity index (χ4v) is 3.67. The first-order valence-corrected chi connectivity index (χ1v) is 9.34. The largest absolute Gasteiger partial charge is 0.452 e. The molecule has 2 aromatic rings. The van der Waals surface area contributed by atoms with Gasteiger partial charge >= 0.3 is 5.97 Å². The van der Waals surface area contributed by atoms with Crippen LogP contribution in [0.2, 0.25) is 0 Å². The lowest BCUT2D eigenvalue weighted by Gasteiger charge is -2.30. The Morgan fingerprint density at radius 3 is 2.81 bits per heavy atom. The Labute approximate surface area is 154 Å². The predicted molar refractivity (Wildman–Crippen MR) is 101 cm³/mol. The lowest BCUT2D eigenvalue weighted by molar-refractivity contribution is -0.136. The number of para-hydroxylation sites is 1. The molecule has 5 heteroatoms. The quantitative estimate of drug-likeness (QED) is 0.788. The van der Waals surface area contributed by atoms with Crippen LogP contribution >= 0.6 is 0 Å². The second kappa shape index (κ2) is 7.85. The van der Waals surface area contributed by atoms with Crippen molar-refractivity contribution in [2.45, 2.75) is 40.0 Å². The molecule has 1 atom stereocenters. The maximum atomic E-state index is 12.7. The Kier molecular flexibility index (Phi) is 5.55. The molecule has 5 nitrogen and oxygen atoms in total. The van der Waals surface area contributed by atoms with Gasteiger partial charge in [-0.05, 0) is 43.7 Å². The third-order valence-corrected chi connectivity index (χ3v) is 5.10. The number of hydrogen-bond acceptors (Lipinski definition) is 4. The number of rotatable bonds is 4. The summed E-state index contributed by atoms with van der Waals surface area (Å²) >= 11 is 0. The number of esters is 1. The Bertz CT molecular complexity index is 831. The van der Waals surface area contributed by atoms with Gasteiger partial charge in [-0.25, -0.2) is 4.79 Å². The van der Waals surface area contributed by atoms with Crippen LogP contribution in [0.1, 0.15) is 48.3 Å². The molecule has 138 valence electrons. The van der Waals surface area contributed by atoms with Crippen LogP contribution in [-0.2, 0) is 16.0 Å². The van der Waals surface area contributed by atoms with Gasteiger partial charge in [-0.1, -0.05) is 32.0 Å². The maximum absolute atomic E-state index is 12.7. The lowest BCUT2D eigenvalue weighted by atomic mass is 10.00. The fraction of sp³-hybridized carbons (Fsp3) is 0.476. The van der Waals surface area contributed by atoms with Crippen molar-refractivity contribution in [1.29, 1.82) is 0 Å². The molecule has 1 saturated heterocycles. The van der Waals surface area contributed by atoms with Gasteiger partial charge in [0.15, 0.2) is 6.61 Å². The molecule has 1 aromatic heterocycles. The summed E-state index contributed by atoms with van der Waals surface area (Å²) in [5.74, 6) is -0.0765. The summed E-state index contributed by atoms with van der Waals surface area (Å²) in [5, 5.41) is 0.938. The standard InChI is InChI=1S/C21H26N2O3/c1-4-17-20(15(3)16-9-5-6-10-18(16)22-17)21(25)26-13-19(24)23-11-7-8-14(2)12-23/h5-6,9-10,14H,4,7-8,11-13H2,1-3H3/t14-/m0/s1. The van der Waals surface area contributed by atoms with Crippen LogP contribution in [0.4, 0.5) is 0 Å². The molecular formula is C21H26N2O3. The summed E-state index contributed by atoms with van der Waals surface area (Å²) in [5.41, 5.74) is 2.93. The number of piperidine rings is 1. The second-order valence-electron chi connectivity index (χ2n) is 7.09. The number of benzene rings is 1. The molecule has 0 N–H and O–H groups in total. The van der Waals surface area contributed by atoms with Crippen molar-refractivity contribution in [2.75, 3.05) is 19.7 Å². The third-order valence-electron chi connectivity index (χ3n) is 5.10. The van der Waals surface area contributed by atoms with Gasteiger partial charge in [0.2, 0.25) is 0 Å². The van der Waals surface area contributed by atoms with Gasteiger partial charge < -0.3 is 9.64 Å². The summed E-state index contributed by atoms with van der Waals surface area (Å²) in [6.07, 6.45) is 2.79. The van der Waals surface area contributed by atoms with Crippen molar-refractivity contribution in [3.63, 3.8) is 0 Å². The van der Waals surface area contributed by atoms with E-state index in [2.05, 4.69) is 11.9 Å². The van der Waals surface area contributed by atoms with E-state index < -0.39 is 5.97 Å². The highest BCUT2D eigenvalue weighted by Gasteiger charge is 2.24. The Morgan fingerprint density at radius 2 is 2.08 bits per heavy atom. The Hall–Kier alpha value is -2.43. The van der Waals surface area contributed by atoms with Gasteiger partial charge in [-0.2, -0.15) is 0 Å². The molecular weight excluding hydrogens is 328 g/mol. The van der Waals surface area contributed by atoms with Gasteiger partial charge in [0.1, 0.15) is 0 Å². The molecule has 0 bridgehead atoms. The zero-order valence-electron chi connectivity index (χ0n) is 15.7. The summed E-state index contributed by atoms with van der Waals surface area (Å²) in [4.78, 5) is 31.5. The number of amides is 1. The van der Waals surface area contributed by atoms with Crippen LogP contribution in [0, 0.1) is 12.8 Å². The topological polar surface area (TPSA) is 59.5 Å². The van der Waals surface area contributed by atoms with E-state index in [1.165, 1.54) is 0 Å². The van der Waals surface area contributed by atoms with Crippen molar-refractivity contribution >= 4 is 22.8 Å². The molecule has 1 aliphatic rings. The van der Waals surface area contributed by atoms with Crippen molar-refractivity contribution in [3.05, 3.63) is 41.1 Å². The molecule has 0 radical (unpaired) electrons. The molecule has 1 aromatic carbocycles. The van der Waals surface area contributed by atoms with E-state index in [9.17, 15) is 9.59 Å². The zero-order valence-corrected chi connectivity index (χ0v) is 15.7. The highest BCUT2D eigenvalue weighted by atomic mass is 16.5. The number of likely N-dealkylation sites (tertiary alicyclic amines) is 1. The van der Waals surface area contributed by atoms with Gasteiger partial charge in [0.25, 0.3) is 5.91 Å². The van der Waals surface area contributed by atoms with Crippen LogP contribution in [0.3, 0.4) is 0 Å². The Morgan fingerprint density at radius 1 is 1.31 bits per heavy atom. The average Bonchev–Trinajstić information content (AvgIpc) is 2.65. The number of nitrogens with zero attached hydrogens (tertiary/aromatic N) is 2. The first-order chi connectivity index (χ1) is 12.5. The van der Waals surface area contributed by atoms with E-state index in [-0.39, 0.29) is 12.5 Å². The van der Waals surface area contributed by atoms with E-state index >= 15 is 0 Å². The number of aryl methyl sites for hydroxylation is 2. The molecule has 0 saturated carbocycles. The first kappa shape index (κ1) is 18.4. The minimum absolute atomic E-state index is 0.116. The zero-order chi connectivity index (χ0) is 18.7. The molecule has 0 unspecified atom stereocenters. The number of carbonyl (C=O) groups excluding carboxylic acids is 2. The second-order valence-corrected chi connectivity index (χ2v) is 7.09. The highest BCUT2D eigenvalue weighted by molar-refractivity contribution is 5.99. The Balaban J connectivity index is 1.77. The summed E-state index contributed by atoms with van der Waals surface area (Å²) in [6.45, 7) is 7.30. The smallest absolute Gasteiger partial charge is 0.340 e. The molecule has 1 amide bonds. The first-order valence-electron chi connectivity index (χ1n) is 9.34. The summed E-state index contributed by atoms with van der Waals surface area (Å²) in [6, 6.07) is 7.76. The minimum Gasteiger partial charge on any atom is -0.452 e. The summed E-state index contributed by atoms with van der Waals surface area (Å²) in [7, 11) is 0. The molecule has 26 heavy (non-hydrogen) atoms. The normalized spacial score (nSPS) is 17.3. The number of carbonyl (C=O) groups is 2. The number of hydrogen-bond donors (Lipinski definition) is 0. The van der Waals surface area contributed by atoms with Gasteiger partial charge in [0.05, 0.1) is 16.8 Å². The van der Waals surface area contributed by atoms with Crippen LogP contribution < -0.4 is 0 Å². The minimum atomic E-state index is -0.462. The molecule has 0 spiro atoms. The van der Waals surface area contributed by atoms with E-state index in [4.69, 9.17) is 4.74 Å². The van der Waals surface area contributed by atoms with Crippen LogP contribution in [0.5, 0.6) is 0 Å². The van der Waals surface area contributed by atoms with E-state index in [0.29, 0.717) is 23.6 Å². The third kappa shape index (κ3) is 3.71. The van der Waals surface area contributed by atoms with Crippen molar-refractivity contribution in [1.82, 2.24) is 9.88 Å². The highest BCUT2D eigenvalue weighted by Crippen LogP contribution is 2.24. The monoisotopic (exact) mass is 354 g/mol. The van der Waals surface area contributed by atoms with Crippen LogP contribution in [0.25, 0.3) is 10.9 Å². The fourth-order valence-electron chi connectivity index (χ4n) is 3.67. The maximum Gasteiger partial charge on any atom is 0.340 e. The van der Waals surface area contributed by atoms with Crippen molar-refractivity contribution in [2.24, 2.45) is 5.92 Å². The molecule has 2 heterocycles. The number of ether oxygens (including phenoxy) is 1. The molecule has 1 aliphatic heterocycles. The van der Waals surface area contributed by atoms with Crippen LogP contribution in [0.15, 0.2) is 24.3 Å². The predicted octanol–water partition coefficient (Wildman–Crippen LogP) is 3.52. The summed E-state index contributed by atoms with van der Waals surface area (Å²) < 4.78 is 5.38. The van der Waals surface area contributed by atoms with Gasteiger partial charge in [-0.3, -0.25) is 9.78 Å². The molecule has 0 aliphatic carbocycles. The van der Waals surface area contributed by atoms with E-state index in [0.717, 1.165) is 42.4 Å². The SMILES string of the molecule is CCc1nc2ccccc2c(C)c1C(=O)OCC(=O)N1CCC[C@H](C)C1. The lowest BCUT2D eigenvalue weighted by Crippen LogP contribution is -2.41. The molecule has 3 rings (SSSR count). The van der Waals surface area contributed by atoms with Gasteiger partial charge in [0, 0.05) is 18.5 Å². The van der Waals surface area contributed by atoms with E-state index in [1.54, 1.807) is 4.90 Å². The number of aromatic nitrogens is 1. The van der Waals surface area contributed by atoms with Gasteiger partial charge in [-0.15, -0.1) is 0 Å². The number of pyridine rings is 1. The van der Waals surface area contributed by atoms with E-state index in [1.807, 2.05) is 38.1 Å². The number of fused-ring (bicyclic) bond motifs is 1. The van der Waals surface area contributed by atoms with Crippen LogP contribution in [-0.4, -0.2) is 41.5 Å². The average molecular weight is 354 g/mol. The molecule has 1 fully saturated rings. The van der Waals surface area contributed by atoms with Crippen molar-refractivity contribution in [3.8, 4) is 0 Å².